The smallest absolute Gasteiger partial charge is 0.142 e. The molecule has 0 amide bonds. The van der Waals surface area contributed by atoms with Crippen LogP contribution in [-0.2, 0) is 4.74 Å². The third-order valence-electron chi connectivity index (χ3n) is 2.06. The molecule has 0 unspecified atom stereocenters. The molecule has 0 bridgehead atoms. The Hall–Kier alpha value is -1.22. The van der Waals surface area contributed by atoms with E-state index in [1.807, 2.05) is 32.0 Å². The summed E-state index contributed by atoms with van der Waals surface area (Å²) in [5.41, 5.74) is 7.65. The van der Waals surface area contributed by atoms with Gasteiger partial charge in [-0.2, -0.15) is 0 Å². The summed E-state index contributed by atoms with van der Waals surface area (Å²) in [7, 11) is 0. The summed E-state index contributed by atoms with van der Waals surface area (Å²) in [6, 6.07) is 5.82. The first-order chi connectivity index (χ1) is 7.24. The second kappa shape index (κ2) is 6.30. The molecule has 0 saturated heterocycles. The molecule has 1 aromatic rings. The van der Waals surface area contributed by atoms with Crippen molar-refractivity contribution in [3.63, 3.8) is 0 Å². The maximum Gasteiger partial charge on any atom is 0.142 e. The van der Waals surface area contributed by atoms with E-state index in [4.69, 9.17) is 15.2 Å². The van der Waals surface area contributed by atoms with Crippen molar-refractivity contribution >= 4 is 5.69 Å². The Bertz CT molecular complexity index is 300. The lowest BCUT2D eigenvalue weighted by atomic mass is 10.2. The zero-order valence-electron chi connectivity index (χ0n) is 9.45. The average molecular weight is 209 g/mol. The summed E-state index contributed by atoms with van der Waals surface area (Å²) in [6.07, 6.45) is 0.890. The highest BCUT2D eigenvalue weighted by Gasteiger charge is 1.99. The van der Waals surface area contributed by atoms with Gasteiger partial charge in [0.2, 0.25) is 0 Å². The average Bonchev–Trinajstić information content (AvgIpc) is 2.20. The fourth-order valence-electron chi connectivity index (χ4n) is 1.29. The van der Waals surface area contributed by atoms with Gasteiger partial charge in [0.25, 0.3) is 0 Å². The van der Waals surface area contributed by atoms with Gasteiger partial charge in [-0.25, -0.2) is 0 Å². The van der Waals surface area contributed by atoms with E-state index in [1.54, 1.807) is 0 Å². The van der Waals surface area contributed by atoms with Crippen LogP contribution in [0.2, 0.25) is 0 Å². The van der Waals surface area contributed by atoms with Gasteiger partial charge in [-0.3, -0.25) is 0 Å². The van der Waals surface area contributed by atoms with Gasteiger partial charge in [0.15, 0.2) is 0 Å². The molecule has 0 saturated carbocycles. The molecule has 0 fully saturated rings. The van der Waals surface area contributed by atoms with Gasteiger partial charge in [0.05, 0.1) is 12.3 Å². The number of hydrogen-bond donors (Lipinski definition) is 1. The first kappa shape index (κ1) is 11.9. The molecule has 0 spiro atoms. The fourth-order valence-corrected chi connectivity index (χ4v) is 1.29. The van der Waals surface area contributed by atoms with Crippen LogP contribution < -0.4 is 10.5 Å². The molecule has 15 heavy (non-hydrogen) atoms. The van der Waals surface area contributed by atoms with Gasteiger partial charge in [-0.05, 0) is 31.5 Å². The lowest BCUT2D eigenvalue weighted by Gasteiger charge is -2.09. The standard InChI is InChI=1S/C12H19NO2/c1-3-14-7-4-8-15-12-6-5-10(2)9-11(12)13/h5-6,9H,3-4,7-8,13H2,1-2H3. The topological polar surface area (TPSA) is 44.5 Å². The number of hydrogen-bond acceptors (Lipinski definition) is 3. The van der Waals surface area contributed by atoms with Crippen LogP contribution in [0.4, 0.5) is 5.69 Å². The summed E-state index contributed by atoms with van der Waals surface area (Å²) in [6.45, 7) is 6.14. The second-order valence-corrected chi connectivity index (χ2v) is 3.44. The van der Waals surface area contributed by atoms with E-state index >= 15 is 0 Å². The molecule has 0 radical (unpaired) electrons. The minimum Gasteiger partial charge on any atom is -0.491 e. The zero-order valence-corrected chi connectivity index (χ0v) is 9.45. The molecular formula is C12H19NO2. The third-order valence-corrected chi connectivity index (χ3v) is 2.06. The predicted molar refractivity (Wildman–Crippen MR) is 62.2 cm³/mol. The van der Waals surface area contributed by atoms with Crippen molar-refractivity contribution in [2.24, 2.45) is 0 Å². The molecule has 0 aromatic heterocycles. The van der Waals surface area contributed by atoms with Crippen LogP contribution in [-0.4, -0.2) is 19.8 Å². The third kappa shape index (κ3) is 4.21. The van der Waals surface area contributed by atoms with Gasteiger partial charge in [-0.1, -0.05) is 6.07 Å². The molecule has 0 aliphatic carbocycles. The lowest BCUT2D eigenvalue weighted by Crippen LogP contribution is -2.04. The summed E-state index contributed by atoms with van der Waals surface area (Å²) in [5, 5.41) is 0. The lowest BCUT2D eigenvalue weighted by molar-refractivity contribution is 0.131. The highest BCUT2D eigenvalue weighted by atomic mass is 16.5. The molecule has 84 valence electrons. The molecule has 3 nitrogen and oxygen atoms in total. The van der Waals surface area contributed by atoms with Crippen molar-refractivity contribution in [2.75, 3.05) is 25.6 Å². The number of rotatable bonds is 6. The molecule has 3 heteroatoms. The van der Waals surface area contributed by atoms with Crippen molar-refractivity contribution in [1.82, 2.24) is 0 Å². The van der Waals surface area contributed by atoms with Gasteiger partial charge in [-0.15, -0.1) is 0 Å². The van der Waals surface area contributed by atoms with E-state index in [1.165, 1.54) is 0 Å². The highest BCUT2D eigenvalue weighted by molar-refractivity contribution is 5.53. The maximum absolute atomic E-state index is 5.81. The SMILES string of the molecule is CCOCCCOc1ccc(C)cc1N. The van der Waals surface area contributed by atoms with E-state index in [0.717, 1.165) is 30.9 Å². The summed E-state index contributed by atoms with van der Waals surface area (Å²) in [5.74, 6) is 0.761. The normalized spacial score (nSPS) is 10.3. The summed E-state index contributed by atoms with van der Waals surface area (Å²) in [4.78, 5) is 0. The molecule has 0 heterocycles. The van der Waals surface area contributed by atoms with E-state index in [2.05, 4.69) is 0 Å². The van der Waals surface area contributed by atoms with Crippen LogP contribution in [0, 0.1) is 6.92 Å². The molecular weight excluding hydrogens is 190 g/mol. The first-order valence-corrected chi connectivity index (χ1v) is 5.30. The molecule has 0 aliphatic heterocycles. The van der Waals surface area contributed by atoms with Crippen LogP contribution in [0.3, 0.4) is 0 Å². The molecule has 1 aromatic carbocycles. The number of nitrogen functional groups attached to an aromatic ring is 1. The van der Waals surface area contributed by atoms with Crippen LogP contribution >= 0.6 is 0 Å². The monoisotopic (exact) mass is 209 g/mol. The fraction of sp³-hybridized carbons (Fsp3) is 0.500. The van der Waals surface area contributed by atoms with Crippen molar-refractivity contribution in [3.8, 4) is 5.75 Å². The minimum atomic E-state index is 0.646. The number of anilines is 1. The molecule has 0 aliphatic rings. The van der Waals surface area contributed by atoms with E-state index in [-0.39, 0.29) is 0 Å². The zero-order chi connectivity index (χ0) is 11.1. The molecule has 1 rings (SSSR count). The predicted octanol–water partition coefficient (Wildman–Crippen LogP) is 2.38. The van der Waals surface area contributed by atoms with Crippen LogP contribution in [0.25, 0.3) is 0 Å². The molecule has 0 atom stereocenters. The number of aryl methyl sites for hydroxylation is 1. The van der Waals surface area contributed by atoms with Gasteiger partial charge in [0.1, 0.15) is 5.75 Å². The van der Waals surface area contributed by atoms with E-state index in [0.29, 0.717) is 12.3 Å². The Morgan fingerprint density at radius 1 is 1.27 bits per heavy atom. The highest BCUT2D eigenvalue weighted by Crippen LogP contribution is 2.21. The Morgan fingerprint density at radius 3 is 2.73 bits per heavy atom. The second-order valence-electron chi connectivity index (χ2n) is 3.44. The number of nitrogens with two attached hydrogens (primary N) is 1. The van der Waals surface area contributed by atoms with Gasteiger partial charge in [0, 0.05) is 19.6 Å². The summed E-state index contributed by atoms with van der Waals surface area (Å²) < 4.78 is 10.7. The van der Waals surface area contributed by atoms with Gasteiger partial charge < -0.3 is 15.2 Å². The van der Waals surface area contributed by atoms with E-state index < -0.39 is 0 Å². The van der Waals surface area contributed by atoms with Crippen molar-refractivity contribution < 1.29 is 9.47 Å². The van der Waals surface area contributed by atoms with Gasteiger partial charge >= 0.3 is 0 Å². The van der Waals surface area contributed by atoms with Crippen LogP contribution in [0.5, 0.6) is 5.75 Å². The maximum atomic E-state index is 5.81. The largest absolute Gasteiger partial charge is 0.491 e. The Labute approximate surface area is 91.2 Å². The first-order valence-electron chi connectivity index (χ1n) is 5.30. The molecule has 2 N–H and O–H groups in total. The van der Waals surface area contributed by atoms with Crippen LogP contribution in [0.1, 0.15) is 18.9 Å². The Morgan fingerprint density at radius 2 is 2.07 bits per heavy atom. The number of ether oxygens (including phenoxy) is 2. The van der Waals surface area contributed by atoms with Crippen LogP contribution in [0.15, 0.2) is 18.2 Å². The van der Waals surface area contributed by atoms with Crippen molar-refractivity contribution in [3.05, 3.63) is 23.8 Å². The number of benzene rings is 1. The minimum absolute atomic E-state index is 0.646. The van der Waals surface area contributed by atoms with E-state index in [9.17, 15) is 0 Å². The van der Waals surface area contributed by atoms with Crippen molar-refractivity contribution in [2.45, 2.75) is 20.3 Å². The summed E-state index contributed by atoms with van der Waals surface area (Å²) >= 11 is 0. The van der Waals surface area contributed by atoms with Crippen molar-refractivity contribution in [1.29, 1.82) is 0 Å². The Balaban J connectivity index is 2.31. The Kier molecular flexibility index (Phi) is 4.98. The quantitative estimate of drug-likeness (QED) is 0.578.